The normalized spacial score (nSPS) is 11.2. The Labute approximate surface area is 247 Å². The van der Waals surface area contributed by atoms with Crippen LogP contribution in [0.4, 0.5) is 0 Å². The molecule has 0 fully saturated rings. The molecule has 2 heterocycles. The molecule has 0 atom stereocenters. The fourth-order valence-electron chi connectivity index (χ4n) is 5.62. The van der Waals surface area contributed by atoms with Crippen molar-refractivity contribution >= 4 is 38.7 Å². The first-order valence-corrected chi connectivity index (χ1v) is 14.7. The highest BCUT2D eigenvalue weighted by molar-refractivity contribution is 7.19. The molecule has 0 saturated carbocycles. The van der Waals surface area contributed by atoms with Crippen molar-refractivity contribution in [1.29, 1.82) is 0 Å². The Balaban J connectivity index is 1.28. The zero-order valence-corrected chi connectivity index (χ0v) is 23.6. The lowest BCUT2D eigenvalue weighted by molar-refractivity contribution is 0.112. The Kier molecular flexibility index (Phi) is 6.82. The van der Waals surface area contributed by atoms with Crippen molar-refractivity contribution in [2.75, 3.05) is 0 Å². The monoisotopic (exact) mass is 562 g/mol. The standard InChI is InChI=1S/C38H26O3S/c39-23-30-24-41-38-32(28-11-5-2-6-12-28)21-29(22-34(38)37(30)40)27-17-15-26(16-18-27)19-33-31-13-7-8-14-35(31)42-36(33)20-25-9-3-1-4-10-25/h1-18,21-24H,19-20H2. The number of thiophene rings is 1. The molecule has 0 radical (unpaired) electrons. The molecule has 7 aromatic rings. The number of hydrogen-bond acceptors (Lipinski definition) is 4. The van der Waals surface area contributed by atoms with Crippen LogP contribution >= 0.6 is 11.3 Å². The summed E-state index contributed by atoms with van der Waals surface area (Å²) in [5.74, 6) is 0. The molecule has 0 spiro atoms. The van der Waals surface area contributed by atoms with Crippen molar-refractivity contribution in [3.05, 3.63) is 165 Å². The molecule has 0 aliphatic rings. The summed E-state index contributed by atoms with van der Waals surface area (Å²) in [5.41, 5.74) is 7.74. The summed E-state index contributed by atoms with van der Waals surface area (Å²) in [6.45, 7) is 0. The van der Waals surface area contributed by atoms with Gasteiger partial charge >= 0.3 is 0 Å². The first-order chi connectivity index (χ1) is 20.7. The van der Waals surface area contributed by atoms with E-state index >= 15 is 0 Å². The molecule has 4 heteroatoms. The summed E-state index contributed by atoms with van der Waals surface area (Å²) >= 11 is 1.88. The Morgan fingerprint density at radius 1 is 0.643 bits per heavy atom. The third-order valence-electron chi connectivity index (χ3n) is 7.77. The summed E-state index contributed by atoms with van der Waals surface area (Å²) in [6, 6.07) is 41.6. The van der Waals surface area contributed by atoms with Gasteiger partial charge in [-0.1, -0.05) is 103 Å². The molecule has 42 heavy (non-hydrogen) atoms. The molecule has 5 aromatic carbocycles. The van der Waals surface area contributed by atoms with Crippen LogP contribution in [-0.4, -0.2) is 6.29 Å². The maximum atomic E-state index is 13.1. The zero-order valence-electron chi connectivity index (χ0n) is 22.7. The van der Waals surface area contributed by atoms with E-state index in [2.05, 4.69) is 84.9 Å². The second-order valence-corrected chi connectivity index (χ2v) is 11.6. The molecular weight excluding hydrogens is 536 g/mol. The third-order valence-corrected chi connectivity index (χ3v) is 8.98. The van der Waals surface area contributed by atoms with E-state index in [4.69, 9.17) is 4.42 Å². The van der Waals surface area contributed by atoms with Gasteiger partial charge in [0.2, 0.25) is 5.43 Å². The van der Waals surface area contributed by atoms with Crippen molar-refractivity contribution in [2.45, 2.75) is 12.8 Å². The van der Waals surface area contributed by atoms with E-state index in [0.717, 1.165) is 35.1 Å². The molecule has 202 valence electrons. The average molecular weight is 563 g/mol. The largest absolute Gasteiger partial charge is 0.463 e. The van der Waals surface area contributed by atoms with Gasteiger partial charge in [0.1, 0.15) is 11.8 Å². The van der Waals surface area contributed by atoms with Gasteiger partial charge in [0.15, 0.2) is 6.29 Å². The molecule has 0 N–H and O–H groups in total. The van der Waals surface area contributed by atoms with E-state index in [-0.39, 0.29) is 11.0 Å². The van der Waals surface area contributed by atoms with Crippen LogP contribution in [0.2, 0.25) is 0 Å². The highest BCUT2D eigenvalue weighted by atomic mass is 32.1. The zero-order chi connectivity index (χ0) is 28.5. The number of aldehydes is 1. The van der Waals surface area contributed by atoms with E-state index in [1.807, 2.05) is 47.7 Å². The predicted octanol–water partition coefficient (Wildman–Crippen LogP) is 9.34. The first-order valence-electron chi connectivity index (χ1n) is 13.9. The molecule has 0 saturated heterocycles. The van der Waals surface area contributed by atoms with E-state index in [0.29, 0.717) is 17.3 Å². The molecule has 0 unspecified atom stereocenters. The van der Waals surface area contributed by atoms with Gasteiger partial charge in [0, 0.05) is 21.6 Å². The van der Waals surface area contributed by atoms with Gasteiger partial charge < -0.3 is 4.42 Å². The second kappa shape index (κ2) is 11.1. The maximum Gasteiger partial charge on any atom is 0.203 e. The quantitative estimate of drug-likeness (QED) is 0.182. The Hall–Kier alpha value is -5.06. The summed E-state index contributed by atoms with van der Waals surface area (Å²) in [4.78, 5) is 26.0. The third kappa shape index (κ3) is 4.87. The van der Waals surface area contributed by atoms with Gasteiger partial charge in [0.05, 0.1) is 10.9 Å². The average Bonchev–Trinajstić information content (AvgIpc) is 3.38. The Morgan fingerprint density at radius 2 is 1.33 bits per heavy atom. The number of benzene rings is 5. The van der Waals surface area contributed by atoms with Crippen LogP contribution in [0, 0.1) is 0 Å². The van der Waals surface area contributed by atoms with Gasteiger partial charge in [-0.05, 0) is 63.4 Å². The molecule has 7 rings (SSSR count). The Bertz CT molecular complexity index is 2100. The van der Waals surface area contributed by atoms with Crippen molar-refractivity contribution in [3.8, 4) is 22.3 Å². The van der Waals surface area contributed by atoms with Gasteiger partial charge in [-0.25, -0.2) is 0 Å². The minimum atomic E-state index is -0.322. The number of hydrogen-bond donors (Lipinski definition) is 0. The lowest BCUT2D eigenvalue weighted by atomic mass is 9.94. The van der Waals surface area contributed by atoms with E-state index in [1.165, 1.54) is 37.9 Å². The molecule has 0 amide bonds. The number of rotatable bonds is 7. The van der Waals surface area contributed by atoms with E-state index < -0.39 is 0 Å². The van der Waals surface area contributed by atoms with E-state index in [9.17, 15) is 9.59 Å². The van der Waals surface area contributed by atoms with Crippen molar-refractivity contribution in [2.24, 2.45) is 0 Å². The lowest BCUT2D eigenvalue weighted by Gasteiger charge is -2.11. The molecule has 2 aromatic heterocycles. The van der Waals surface area contributed by atoms with Gasteiger partial charge in [-0.15, -0.1) is 11.3 Å². The van der Waals surface area contributed by atoms with Crippen molar-refractivity contribution in [3.63, 3.8) is 0 Å². The van der Waals surface area contributed by atoms with Gasteiger partial charge in [0.25, 0.3) is 0 Å². The van der Waals surface area contributed by atoms with Crippen LogP contribution in [0.1, 0.15) is 31.9 Å². The van der Waals surface area contributed by atoms with Gasteiger partial charge in [-0.3, -0.25) is 9.59 Å². The first kappa shape index (κ1) is 25.9. The topological polar surface area (TPSA) is 47.3 Å². The number of fused-ring (bicyclic) bond motifs is 2. The van der Waals surface area contributed by atoms with Crippen LogP contribution in [-0.2, 0) is 12.8 Å². The van der Waals surface area contributed by atoms with Crippen LogP contribution < -0.4 is 5.43 Å². The molecule has 0 aliphatic carbocycles. The van der Waals surface area contributed by atoms with Crippen molar-refractivity contribution < 1.29 is 9.21 Å². The molecule has 0 aliphatic heterocycles. The minimum absolute atomic E-state index is 0.0169. The van der Waals surface area contributed by atoms with Crippen molar-refractivity contribution in [1.82, 2.24) is 0 Å². The fraction of sp³-hybridized carbons (Fsp3) is 0.0526. The van der Waals surface area contributed by atoms with Crippen LogP contribution in [0.25, 0.3) is 43.3 Å². The van der Waals surface area contributed by atoms with Crippen LogP contribution in [0.3, 0.4) is 0 Å². The van der Waals surface area contributed by atoms with Crippen LogP contribution in [0.15, 0.2) is 137 Å². The smallest absolute Gasteiger partial charge is 0.203 e. The summed E-state index contributed by atoms with van der Waals surface area (Å²) < 4.78 is 7.14. The summed E-state index contributed by atoms with van der Waals surface area (Å²) in [6.07, 6.45) is 3.55. The number of carbonyl (C=O) groups excluding carboxylic acids is 1. The van der Waals surface area contributed by atoms with Crippen LogP contribution in [0.5, 0.6) is 0 Å². The second-order valence-electron chi connectivity index (χ2n) is 10.4. The highest BCUT2D eigenvalue weighted by Crippen LogP contribution is 2.36. The molecule has 3 nitrogen and oxygen atoms in total. The summed E-state index contributed by atoms with van der Waals surface area (Å²) in [7, 11) is 0. The Morgan fingerprint density at radius 3 is 2.10 bits per heavy atom. The minimum Gasteiger partial charge on any atom is -0.463 e. The lowest BCUT2D eigenvalue weighted by Crippen LogP contribution is -2.08. The maximum absolute atomic E-state index is 13.1. The SMILES string of the molecule is O=Cc1coc2c(-c3ccccc3)cc(-c3ccc(Cc4c(Cc5ccccc5)sc5ccccc45)cc3)cc2c1=O. The predicted molar refractivity (Wildman–Crippen MR) is 173 cm³/mol. The molecular formula is C38H26O3S. The van der Waals surface area contributed by atoms with E-state index in [1.54, 1.807) is 0 Å². The fourth-order valence-corrected chi connectivity index (χ4v) is 6.88. The molecule has 0 bridgehead atoms. The highest BCUT2D eigenvalue weighted by Gasteiger charge is 2.16. The number of carbonyl (C=O) groups is 1. The van der Waals surface area contributed by atoms with Gasteiger partial charge in [-0.2, -0.15) is 0 Å². The summed E-state index contributed by atoms with van der Waals surface area (Å²) in [5, 5.41) is 1.72.